The number of nitrogens with zero attached hydrogens (tertiary/aromatic N) is 3. The van der Waals surface area contributed by atoms with Crippen LogP contribution in [0, 0.1) is 0 Å². The predicted octanol–water partition coefficient (Wildman–Crippen LogP) is 2.09. The molecule has 3 rings (SSSR count). The minimum Gasteiger partial charge on any atom is -0.338 e. The summed E-state index contributed by atoms with van der Waals surface area (Å²) in [5, 5.41) is 7.49. The number of rotatable bonds is 4. The fraction of sp³-hybridized carbons (Fsp3) is 0.500. The summed E-state index contributed by atoms with van der Waals surface area (Å²) < 4.78 is 5.40. The average molecular weight is 286 g/mol. The van der Waals surface area contributed by atoms with Gasteiger partial charge in [0, 0.05) is 31.2 Å². The van der Waals surface area contributed by atoms with Gasteiger partial charge < -0.3 is 9.84 Å². The first kappa shape index (κ1) is 14.2. The fourth-order valence-corrected chi connectivity index (χ4v) is 2.62. The van der Waals surface area contributed by atoms with Crippen LogP contribution in [0.15, 0.2) is 28.8 Å². The lowest BCUT2D eigenvalue weighted by Crippen LogP contribution is -2.49. The second-order valence-electron chi connectivity index (χ2n) is 5.59. The second kappa shape index (κ2) is 6.37. The molecule has 0 aliphatic carbocycles. The number of nitrogens with one attached hydrogen (secondary N) is 1. The highest BCUT2D eigenvalue weighted by atomic mass is 16.5. The lowest BCUT2D eigenvalue weighted by atomic mass is 10.1. The number of aryl methyl sites for hydroxylation is 1. The Kier molecular flexibility index (Phi) is 4.31. The summed E-state index contributed by atoms with van der Waals surface area (Å²) in [7, 11) is 0. The van der Waals surface area contributed by atoms with Gasteiger partial charge in [-0.1, -0.05) is 36.3 Å². The van der Waals surface area contributed by atoms with Crippen LogP contribution in [-0.4, -0.2) is 40.7 Å². The third-order valence-corrected chi connectivity index (χ3v) is 4.07. The summed E-state index contributed by atoms with van der Waals surface area (Å²) in [5.74, 6) is 1.37. The number of hydrogen-bond acceptors (Lipinski definition) is 5. The van der Waals surface area contributed by atoms with Crippen molar-refractivity contribution in [1.29, 1.82) is 0 Å². The molecule has 0 amide bonds. The minimum atomic E-state index is 0.498. The fourth-order valence-electron chi connectivity index (χ4n) is 2.62. The molecule has 1 aliphatic rings. The third-order valence-electron chi connectivity index (χ3n) is 4.07. The molecule has 5 nitrogen and oxygen atoms in total. The van der Waals surface area contributed by atoms with E-state index in [4.69, 9.17) is 4.52 Å². The monoisotopic (exact) mass is 286 g/mol. The number of hydrogen-bond donors (Lipinski definition) is 1. The molecule has 0 spiro atoms. The third kappa shape index (κ3) is 3.31. The predicted molar refractivity (Wildman–Crippen MR) is 81.9 cm³/mol. The standard InChI is InChI=1S/C16H22N4O/c1-3-13-4-6-14(7-5-13)16-18-15(21-19-16)11-20-9-8-17-10-12(20)2/h4-7,12,17H,3,8-11H2,1-2H3/t12-/m0/s1. The van der Waals surface area contributed by atoms with E-state index in [-0.39, 0.29) is 0 Å². The first-order chi connectivity index (χ1) is 10.3. The van der Waals surface area contributed by atoms with Gasteiger partial charge in [0.05, 0.1) is 6.54 Å². The zero-order valence-corrected chi connectivity index (χ0v) is 12.7. The molecule has 0 saturated carbocycles. The van der Waals surface area contributed by atoms with Crippen molar-refractivity contribution in [3.8, 4) is 11.4 Å². The van der Waals surface area contributed by atoms with E-state index in [9.17, 15) is 0 Å². The highest BCUT2D eigenvalue weighted by molar-refractivity contribution is 5.54. The van der Waals surface area contributed by atoms with E-state index in [2.05, 4.69) is 58.5 Å². The van der Waals surface area contributed by atoms with E-state index in [0.717, 1.165) is 38.2 Å². The Balaban J connectivity index is 1.70. The summed E-state index contributed by atoms with van der Waals surface area (Å²) in [5.41, 5.74) is 2.33. The Morgan fingerprint density at radius 2 is 2.14 bits per heavy atom. The molecule has 0 bridgehead atoms. The zero-order chi connectivity index (χ0) is 14.7. The molecule has 1 aromatic carbocycles. The van der Waals surface area contributed by atoms with Crippen molar-refractivity contribution in [2.75, 3.05) is 19.6 Å². The normalized spacial score (nSPS) is 19.8. The summed E-state index contributed by atoms with van der Waals surface area (Å²) >= 11 is 0. The van der Waals surface area contributed by atoms with E-state index in [0.29, 0.717) is 17.8 Å². The Morgan fingerprint density at radius 3 is 2.86 bits per heavy atom. The molecule has 21 heavy (non-hydrogen) atoms. The van der Waals surface area contributed by atoms with Crippen LogP contribution in [0.5, 0.6) is 0 Å². The number of aromatic nitrogens is 2. The molecule has 1 fully saturated rings. The van der Waals surface area contributed by atoms with Crippen LogP contribution in [0.25, 0.3) is 11.4 Å². The van der Waals surface area contributed by atoms with Gasteiger partial charge >= 0.3 is 0 Å². The minimum absolute atomic E-state index is 0.498. The van der Waals surface area contributed by atoms with E-state index in [1.165, 1.54) is 5.56 Å². The smallest absolute Gasteiger partial charge is 0.241 e. The lowest BCUT2D eigenvalue weighted by Gasteiger charge is -2.32. The number of benzene rings is 1. The molecule has 0 unspecified atom stereocenters. The largest absolute Gasteiger partial charge is 0.338 e. The van der Waals surface area contributed by atoms with Gasteiger partial charge in [0.15, 0.2) is 0 Å². The van der Waals surface area contributed by atoms with Gasteiger partial charge in [0.2, 0.25) is 11.7 Å². The second-order valence-corrected chi connectivity index (χ2v) is 5.59. The molecule has 1 aliphatic heterocycles. The first-order valence-corrected chi connectivity index (χ1v) is 7.63. The molecule has 0 radical (unpaired) electrons. The van der Waals surface area contributed by atoms with Gasteiger partial charge in [-0.15, -0.1) is 0 Å². The van der Waals surface area contributed by atoms with Crippen LogP contribution in [0.2, 0.25) is 0 Å². The highest BCUT2D eigenvalue weighted by Gasteiger charge is 2.20. The first-order valence-electron chi connectivity index (χ1n) is 7.63. The van der Waals surface area contributed by atoms with Crippen molar-refractivity contribution in [1.82, 2.24) is 20.4 Å². The van der Waals surface area contributed by atoms with Crippen molar-refractivity contribution < 1.29 is 4.52 Å². The summed E-state index contributed by atoms with van der Waals surface area (Å²) in [6, 6.07) is 8.84. The molecular weight excluding hydrogens is 264 g/mol. The van der Waals surface area contributed by atoms with E-state index in [1.54, 1.807) is 0 Å². The van der Waals surface area contributed by atoms with Crippen molar-refractivity contribution in [3.05, 3.63) is 35.7 Å². The molecule has 2 aromatic rings. The van der Waals surface area contributed by atoms with Crippen molar-refractivity contribution in [3.63, 3.8) is 0 Å². The molecule has 1 atom stereocenters. The Labute approximate surface area is 125 Å². The maximum absolute atomic E-state index is 5.40. The van der Waals surface area contributed by atoms with E-state index in [1.807, 2.05) is 0 Å². The molecular formula is C16H22N4O. The summed E-state index contributed by atoms with van der Waals surface area (Å²) in [4.78, 5) is 6.89. The van der Waals surface area contributed by atoms with Crippen LogP contribution in [0.4, 0.5) is 0 Å². The van der Waals surface area contributed by atoms with Gasteiger partial charge in [0.1, 0.15) is 0 Å². The van der Waals surface area contributed by atoms with Crippen LogP contribution < -0.4 is 5.32 Å². The quantitative estimate of drug-likeness (QED) is 0.932. The van der Waals surface area contributed by atoms with E-state index >= 15 is 0 Å². The molecule has 112 valence electrons. The molecule has 1 N–H and O–H groups in total. The molecule has 2 heterocycles. The van der Waals surface area contributed by atoms with E-state index < -0.39 is 0 Å². The topological polar surface area (TPSA) is 54.2 Å². The SMILES string of the molecule is CCc1ccc(-c2noc(CN3CCNC[C@@H]3C)n2)cc1. The van der Waals surface area contributed by atoms with Crippen molar-refractivity contribution in [2.45, 2.75) is 32.9 Å². The van der Waals surface area contributed by atoms with Crippen LogP contribution in [-0.2, 0) is 13.0 Å². The van der Waals surface area contributed by atoms with Gasteiger partial charge in [0.25, 0.3) is 0 Å². The van der Waals surface area contributed by atoms with Crippen LogP contribution >= 0.6 is 0 Å². The van der Waals surface area contributed by atoms with Crippen molar-refractivity contribution in [2.24, 2.45) is 0 Å². The molecule has 1 saturated heterocycles. The van der Waals surface area contributed by atoms with Gasteiger partial charge in [-0.25, -0.2) is 0 Å². The summed E-state index contributed by atoms with van der Waals surface area (Å²) in [6.07, 6.45) is 1.04. The average Bonchev–Trinajstić information content (AvgIpc) is 2.98. The lowest BCUT2D eigenvalue weighted by molar-refractivity contribution is 0.146. The van der Waals surface area contributed by atoms with Crippen LogP contribution in [0.1, 0.15) is 25.3 Å². The Morgan fingerprint density at radius 1 is 1.33 bits per heavy atom. The Hall–Kier alpha value is -1.72. The maximum atomic E-state index is 5.40. The summed E-state index contributed by atoms with van der Waals surface area (Å²) in [6.45, 7) is 8.14. The van der Waals surface area contributed by atoms with Gasteiger partial charge in [-0.2, -0.15) is 4.98 Å². The number of piperazine rings is 1. The molecule has 5 heteroatoms. The van der Waals surface area contributed by atoms with Gasteiger partial charge in [-0.3, -0.25) is 4.90 Å². The maximum Gasteiger partial charge on any atom is 0.241 e. The van der Waals surface area contributed by atoms with Gasteiger partial charge in [-0.05, 0) is 18.9 Å². The van der Waals surface area contributed by atoms with Crippen molar-refractivity contribution >= 4 is 0 Å². The molecule has 1 aromatic heterocycles. The highest BCUT2D eigenvalue weighted by Crippen LogP contribution is 2.18. The Bertz CT molecular complexity index is 578. The zero-order valence-electron chi connectivity index (χ0n) is 12.7. The van der Waals surface area contributed by atoms with Crippen LogP contribution in [0.3, 0.4) is 0 Å².